The summed E-state index contributed by atoms with van der Waals surface area (Å²) in [6, 6.07) is 6.40. The molecule has 0 radical (unpaired) electrons. The van der Waals surface area contributed by atoms with Gasteiger partial charge in [-0.15, -0.1) is 0 Å². The van der Waals surface area contributed by atoms with E-state index in [1.807, 2.05) is 13.8 Å². The molecule has 0 aliphatic carbocycles. The molecule has 0 unspecified atom stereocenters. The SMILES string of the molecule is CC(=O)Nc1ccc(NC(=O)[C@@H](N)CC(C)C)cc1. The molecule has 104 valence electrons. The average molecular weight is 263 g/mol. The first kappa shape index (κ1) is 15.2. The molecule has 1 rings (SSSR count). The minimum absolute atomic E-state index is 0.129. The Morgan fingerprint density at radius 3 is 2.00 bits per heavy atom. The van der Waals surface area contributed by atoms with E-state index in [1.165, 1.54) is 6.92 Å². The van der Waals surface area contributed by atoms with E-state index < -0.39 is 6.04 Å². The van der Waals surface area contributed by atoms with Crippen molar-refractivity contribution in [3.8, 4) is 0 Å². The molecule has 0 spiro atoms. The van der Waals surface area contributed by atoms with Crippen LogP contribution >= 0.6 is 0 Å². The molecular formula is C14H21N3O2. The van der Waals surface area contributed by atoms with Gasteiger partial charge in [0.1, 0.15) is 0 Å². The Balaban J connectivity index is 2.57. The summed E-state index contributed by atoms with van der Waals surface area (Å²) in [5, 5.41) is 5.41. The summed E-state index contributed by atoms with van der Waals surface area (Å²) in [6.45, 7) is 5.49. The Hall–Kier alpha value is -1.88. The van der Waals surface area contributed by atoms with Crippen LogP contribution in [0.25, 0.3) is 0 Å². The molecule has 1 aromatic carbocycles. The van der Waals surface area contributed by atoms with Crippen LogP contribution in [0, 0.1) is 5.92 Å². The summed E-state index contributed by atoms with van der Waals surface area (Å²) in [5.41, 5.74) is 7.15. The first-order valence-electron chi connectivity index (χ1n) is 6.32. The van der Waals surface area contributed by atoms with E-state index in [0.29, 0.717) is 23.7 Å². The highest BCUT2D eigenvalue weighted by molar-refractivity contribution is 5.95. The highest BCUT2D eigenvalue weighted by Crippen LogP contribution is 2.14. The zero-order chi connectivity index (χ0) is 14.4. The number of amides is 2. The predicted molar refractivity (Wildman–Crippen MR) is 76.8 cm³/mol. The number of nitrogens with two attached hydrogens (primary N) is 1. The molecule has 0 saturated carbocycles. The molecule has 1 aromatic rings. The van der Waals surface area contributed by atoms with E-state index in [4.69, 9.17) is 5.73 Å². The average Bonchev–Trinajstić information content (AvgIpc) is 2.30. The third kappa shape index (κ3) is 5.52. The van der Waals surface area contributed by atoms with Gasteiger partial charge in [0.05, 0.1) is 6.04 Å². The van der Waals surface area contributed by atoms with Crippen molar-refractivity contribution < 1.29 is 9.59 Å². The largest absolute Gasteiger partial charge is 0.326 e. The van der Waals surface area contributed by atoms with Gasteiger partial charge in [0.2, 0.25) is 11.8 Å². The van der Waals surface area contributed by atoms with Crippen molar-refractivity contribution in [3.63, 3.8) is 0 Å². The van der Waals surface area contributed by atoms with Gasteiger partial charge in [0.15, 0.2) is 0 Å². The van der Waals surface area contributed by atoms with E-state index in [0.717, 1.165) is 0 Å². The summed E-state index contributed by atoms with van der Waals surface area (Å²) < 4.78 is 0. The maximum atomic E-state index is 11.8. The Morgan fingerprint density at radius 1 is 1.11 bits per heavy atom. The third-order valence-corrected chi connectivity index (χ3v) is 2.53. The fourth-order valence-electron chi connectivity index (χ4n) is 1.69. The lowest BCUT2D eigenvalue weighted by molar-refractivity contribution is -0.117. The van der Waals surface area contributed by atoms with Crippen molar-refractivity contribution in [2.24, 2.45) is 11.7 Å². The molecule has 0 aliphatic rings. The summed E-state index contributed by atoms with van der Waals surface area (Å²) in [4.78, 5) is 22.7. The van der Waals surface area contributed by atoms with Gasteiger partial charge >= 0.3 is 0 Å². The Kier molecular flexibility index (Phi) is 5.51. The second kappa shape index (κ2) is 6.89. The third-order valence-electron chi connectivity index (χ3n) is 2.53. The topological polar surface area (TPSA) is 84.2 Å². The van der Waals surface area contributed by atoms with Crippen LogP contribution in [-0.4, -0.2) is 17.9 Å². The molecule has 4 N–H and O–H groups in total. The van der Waals surface area contributed by atoms with Crippen LogP contribution < -0.4 is 16.4 Å². The normalized spacial score (nSPS) is 12.1. The molecule has 19 heavy (non-hydrogen) atoms. The number of benzene rings is 1. The van der Waals surface area contributed by atoms with Crippen molar-refractivity contribution in [1.29, 1.82) is 0 Å². The van der Waals surface area contributed by atoms with Crippen LogP contribution in [0.3, 0.4) is 0 Å². The van der Waals surface area contributed by atoms with Crippen molar-refractivity contribution in [3.05, 3.63) is 24.3 Å². The van der Waals surface area contributed by atoms with Crippen molar-refractivity contribution >= 4 is 23.2 Å². The highest BCUT2D eigenvalue weighted by atomic mass is 16.2. The first-order valence-corrected chi connectivity index (χ1v) is 6.32. The molecule has 1 atom stereocenters. The highest BCUT2D eigenvalue weighted by Gasteiger charge is 2.14. The molecule has 5 nitrogen and oxygen atoms in total. The summed E-state index contributed by atoms with van der Waals surface area (Å²) in [5.74, 6) is 0.0552. The first-order chi connectivity index (χ1) is 8.88. The molecule has 0 heterocycles. The fraction of sp³-hybridized carbons (Fsp3) is 0.429. The van der Waals surface area contributed by atoms with E-state index >= 15 is 0 Å². The van der Waals surface area contributed by atoms with Gasteiger partial charge in [-0.3, -0.25) is 9.59 Å². The quantitative estimate of drug-likeness (QED) is 0.759. The van der Waals surface area contributed by atoms with Crippen LogP contribution in [0.4, 0.5) is 11.4 Å². The van der Waals surface area contributed by atoms with Gasteiger partial charge in [0, 0.05) is 18.3 Å². The van der Waals surface area contributed by atoms with Gasteiger partial charge in [-0.25, -0.2) is 0 Å². The lowest BCUT2D eigenvalue weighted by Crippen LogP contribution is -2.36. The maximum absolute atomic E-state index is 11.8. The van der Waals surface area contributed by atoms with E-state index in [2.05, 4.69) is 10.6 Å². The number of nitrogens with one attached hydrogen (secondary N) is 2. The van der Waals surface area contributed by atoms with E-state index in [1.54, 1.807) is 24.3 Å². The number of anilines is 2. The molecule has 0 aromatic heterocycles. The number of carbonyl (C=O) groups is 2. The lowest BCUT2D eigenvalue weighted by Gasteiger charge is -2.14. The van der Waals surface area contributed by atoms with Crippen molar-refractivity contribution in [2.45, 2.75) is 33.2 Å². The zero-order valence-electron chi connectivity index (χ0n) is 11.6. The molecule has 0 aliphatic heterocycles. The Labute approximate surface area is 113 Å². The maximum Gasteiger partial charge on any atom is 0.241 e. The van der Waals surface area contributed by atoms with Gasteiger partial charge < -0.3 is 16.4 Å². The molecule has 0 saturated heterocycles. The minimum atomic E-state index is -0.505. The second-order valence-corrected chi connectivity index (χ2v) is 4.98. The summed E-state index contributed by atoms with van der Waals surface area (Å²) in [7, 11) is 0. The van der Waals surface area contributed by atoms with Crippen LogP contribution in [0.15, 0.2) is 24.3 Å². The van der Waals surface area contributed by atoms with Crippen LogP contribution in [-0.2, 0) is 9.59 Å². The predicted octanol–water partition coefficient (Wildman–Crippen LogP) is 1.96. The number of rotatable bonds is 5. The minimum Gasteiger partial charge on any atom is -0.326 e. The van der Waals surface area contributed by atoms with Gasteiger partial charge in [-0.1, -0.05) is 13.8 Å². The standard InChI is InChI=1S/C14H21N3O2/c1-9(2)8-13(15)14(19)17-12-6-4-11(5-7-12)16-10(3)18/h4-7,9,13H,8,15H2,1-3H3,(H,16,18)(H,17,19)/t13-/m0/s1. The second-order valence-electron chi connectivity index (χ2n) is 4.98. The Bertz CT molecular complexity index is 441. The van der Waals surface area contributed by atoms with Gasteiger partial charge in [0.25, 0.3) is 0 Å². The van der Waals surface area contributed by atoms with Crippen LogP contribution in [0.5, 0.6) is 0 Å². The van der Waals surface area contributed by atoms with Crippen LogP contribution in [0.2, 0.25) is 0 Å². The zero-order valence-corrected chi connectivity index (χ0v) is 11.6. The number of hydrogen-bond donors (Lipinski definition) is 3. The Morgan fingerprint density at radius 2 is 1.58 bits per heavy atom. The molecule has 5 heteroatoms. The van der Waals surface area contributed by atoms with Gasteiger partial charge in [-0.2, -0.15) is 0 Å². The molecular weight excluding hydrogens is 242 g/mol. The molecule has 0 bridgehead atoms. The van der Waals surface area contributed by atoms with Crippen molar-refractivity contribution in [2.75, 3.05) is 10.6 Å². The molecule has 0 fully saturated rings. The van der Waals surface area contributed by atoms with E-state index in [-0.39, 0.29) is 11.8 Å². The smallest absolute Gasteiger partial charge is 0.241 e. The monoisotopic (exact) mass is 263 g/mol. The van der Waals surface area contributed by atoms with Crippen molar-refractivity contribution in [1.82, 2.24) is 0 Å². The lowest BCUT2D eigenvalue weighted by atomic mass is 10.0. The number of carbonyl (C=O) groups excluding carboxylic acids is 2. The summed E-state index contributed by atoms with van der Waals surface area (Å²) in [6.07, 6.45) is 0.649. The number of hydrogen-bond acceptors (Lipinski definition) is 3. The van der Waals surface area contributed by atoms with E-state index in [9.17, 15) is 9.59 Å². The fourth-order valence-corrected chi connectivity index (χ4v) is 1.69. The summed E-state index contributed by atoms with van der Waals surface area (Å²) >= 11 is 0. The molecule has 2 amide bonds. The van der Waals surface area contributed by atoms with Gasteiger partial charge in [-0.05, 0) is 36.6 Å². The van der Waals surface area contributed by atoms with Crippen LogP contribution in [0.1, 0.15) is 27.2 Å².